The van der Waals surface area contributed by atoms with Crippen LogP contribution in [-0.2, 0) is 11.3 Å². The first-order valence-electron chi connectivity index (χ1n) is 6.08. The van der Waals surface area contributed by atoms with Gasteiger partial charge >= 0.3 is 0 Å². The maximum absolute atomic E-state index is 5.08. The second kappa shape index (κ2) is 5.84. The third-order valence-electron chi connectivity index (χ3n) is 3.07. The molecular weight excluding hydrogens is 212 g/mol. The van der Waals surface area contributed by atoms with Gasteiger partial charge in [-0.15, -0.1) is 0 Å². The summed E-state index contributed by atoms with van der Waals surface area (Å²) in [6.45, 7) is 3.89. The fourth-order valence-corrected chi connectivity index (χ4v) is 1.98. The molecule has 3 heteroatoms. The summed E-state index contributed by atoms with van der Waals surface area (Å²) in [5.41, 5.74) is 2.55. The summed E-state index contributed by atoms with van der Waals surface area (Å²) in [5.74, 6) is 0. The molecule has 0 fully saturated rings. The van der Waals surface area contributed by atoms with Crippen LogP contribution in [0, 0.1) is 0 Å². The summed E-state index contributed by atoms with van der Waals surface area (Å²) in [7, 11) is 1.74. The Morgan fingerprint density at radius 3 is 3.06 bits per heavy atom. The van der Waals surface area contributed by atoms with Gasteiger partial charge < -0.3 is 15.0 Å². The van der Waals surface area contributed by atoms with Gasteiger partial charge in [0.05, 0.1) is 0 Å². The van der Waals surface area contributed by atoms with Crippen LogP contribution in [0.25, 0.3) is 10.9 Å². The van der Waals surface area contributed by atoms with E-state index in [0.29, 0.717) is 6.04 Å². The van der Waals surface area contributed by atoms with E-state index in [1.807, 2.05) is 6.20 Å². The summed E-state index contributed by atoms with van der Waals surface area (Å²) in [5, 5.41) is 4.79. The standard InChI is InChI=1S/C14H20N2O/c1-11(7-9-17-2)16-10-13-5-3-4-12-6-8-15-14(12)13/h3-6,8,11,15-16H,7,9-10H2,1-2H3. The molecule has 0 aliphatic heterocycles. The molecule has 17 heavy (non-hydrogen) atoms. The van der Waals surface area contributed by atoms with Gasteiger partial charge in [-0.1, -0.05) is 18.2 Å². The molecule has 0 bridgehead atoms. The first-order chi connectivity index (χ1) is 8.31. The zero-order valence-electron chi connectivity index (χ0n) is 10.5. The Morgan fingerprint density at radius 2 is 2.24 bits per heavy atom. The molecule has 0 aliphatic carbocycles. The molecule has 0 saturated carbocycles. The normalized spacial score (nSPS) is 13.1. The highest BCUT2D eigenvalue weighted by atomic mass is 16.5. The Kier molecular flexibility index (Phi) is 4.18. The van der Waals surface area contributed by atoms with Gasteiger partial charge in [0.15, 0.2) is 0 Å². The summed E-state index contributed by atoms with van der Waals surface area (Å²) in [4.78, 5) is 3.29. The highest BCUT2D eigenvalue weighted by Crippen LogP contribution is 2.16. The van der Waals surface area contributed by atoms with Crippen molar-refractivity contribution >= 4 is 10.9 Å². The van der Waals surface area contributed by atoms with Crippen LogP contribution in [0.1, 0.15) is 18.9 Å². The minimum atomic E-state index is 0.472. The minimum Gasteiger partial charge on any atom is -0.385 e. The van der Waals surface area contributed by atoms with Gasteiger partial charge in [-0.2, -0.15) is 0 Å². The number of ether oxygens (including phenoxy) is 1. The van der Waals surface area contributed by atoms with E-state index in [2.05, 4.69) is 41.5 Å². The van der Waals surface area contributed by atoms with E-state index in [-0.39, 0.29) is 0 Å². The molecule has 2 rings (SSSR count). The lowest BCUT2D eigenvalue weighted by atomic mass is 10.1. The number of methoxy groups -OCH3 is 1. The van der Waals surface area contributed by atoms with E-state index in [1.165, 1.54) is 16.5 Å². The van der Waals surface area contributed by atoms with Crippen molar-refractivity contribution in [2.45, 2.75) is 25.9 Å². The van der Waals surface area contributed by atoms with Crippen molar-refractivity contribution in [3.05, 3.63) is 36.0 Å². The van der Waals surface area contributed by atoms with Gasteiger partial charge in [0.1, 0.15) is 0 Å². The number of para-hydroxylation sites is 1. The maximum Gasteiger partial charge on any atom is 0.0499 e. The monoisotopic (exact) mass is 232 g/mol. The third-order valence-corrected chi connectivity index (χ3v) is 3.07. The van der Waals surface area contributed by atoms with Crippen molar-refractivity contribution in [3.8, 4) is 0 Å². The third kappa shape index (κ3) is 3.08. The molecule has 1 atom stereocenters. The van der Waals surface area contributed by atoms with E-state index in [1.54, 1.807) is 7.11 Å². The van der Waals surface area contributed by atoms with Crippen LogP contribution >= 0.6 is 0 Å². The van der Waals surface area contributed by atoms with Crippen LogP contribution < -0.4 is 5.32 Å². The average molecular weight is 232 g/mol. The minimum absolute atomic E-state index is 0.472. The van der Waals surface area contributed by atoms with Crippen molar-refractivity contribution in [1.29, 1.82) is 0 Å². The molecular formula is C14H20N2O. The topological polar surface area (TPSA) is 37.0 Å². The zero-order chi connectivity index (χ0) is 12.1. The van der Waals surface area contributed by atoms with Gasteiger partial charge in [0, 0.05) is 38.0 Å². The van der Waals surface area contributed by atoms with Crippen molar-refractivity contribution in [1.82, 2.24) is 10.3 Å². The molecule has 1 aromatic heterocycles. The second-order valence-corrected chi connectivity index (χ2v) is 4.42. The largest absolute Gasteiger partial charge is 0.385 e. The Balaban J connectivity index is 1.96. The smallest absolute Gasteiger partial charge is 0.0499 e. The summed E-state index contributed by atoms with van der Waals surface area (Å²) in [6, 6.07) is 8.97. The van der Waals surface area contributed by atoms with E-state index in [0.717, 1.165) is 19.6 Å². The van der Waals surface area contributed by atoms with Gasteiger partial charge in [-0.3, -0.25) is 0 Å². The van der Waals surface area contributed by atoms with Gasteiger partial charge in [-0.25, -0.2) is 0 Å². The number of hydrogen-bond donors (Lipinski definition) is 2. The van der Waals surface area contributed by atoms with Crippen LogP contribution in [0.4, 0.5) is 0 Å². The predicted molar refractivity (Wildman–Crippen MR) is 71.1 cm³/mol. The SMILES string of the molecule is COCCC(C)NCc1cccc2cc[nH]c12. The Hall–Kier alpha value is -1.32. The molecule has 0 spiro atoms. The van der Waals surface area contributed by atoms with Crippen molar-refractivity contribution in [2.24, 2.45) is 0 Å². The number of H-pyrrole nitrogens is 1. The molecule has 0 amide bonds. The average Bonchev–Trinajstić information content (AvgIpc) is 2.82. The number of nitrogens with one attached hydrogen (secondary N) is 2. The van der Waals surface area contributed by atoms with Crippen LogP contribution in [0.3, 0.4) is 0 Å². The number of aromatic amines is 1. The molecule has 2 aromatic rings. The van der Waals surface area contributed by atoms with Gasteiger partial charge in [0.25, 0.3) is 0 Å². The summed E-state index contributed by atoms with van der Waals surface area (Å²) in [6.07, 6.45) is 3.03. The van der Waals surface area contributed by atoms with E-state index >= 15 is 0 Å². The Bertz CT molecular complexity index is 464. The molecule has 92 valence electrons. The highest BCUT2D eigenvalue weighted by Gasteiger charge is 2.04. The fraction of sp³-hybridized carbons (Fsp3) is 0.429. The maximum atomic E-state index is 5.08. The molecule has 0 saturated heterocycles. The number of fused-ring (bicyclic) bond motifs is 1. The first kappa shape index (κ1) is 12.1. The molecule has 0 aliphatic rings. The number of hydrogen-bond acceptors (Lipinski definition) is 2. The van der Waals surface area contributed by atoms with Crippen molar-refractivity contribution in [3.63, 3.8) is 0 Å². The number of rotatable bonds is 6. The molecule has 1 aromatic carbocycles. The van der Waals surface area contributed by atoms with Gasteiger partial charge in [0.2, 0.25) is 0 Å². The molecule has 2 N–H and O–H groups in total. The van der Waals surface area contributed by atoms with Gasteiger partial charge in [-0.05, 0) is 30.4 Å². The number of aromatic nitrogens is 1. The van der Waals surface area contributed by atoms with E-state index in [9.17, 15) is 0 Å². The highest BCUT2D eigenvalue weighted by molar-refractivity contribution is 5.82. The lowest BCUT2D eigenvalue weighted by Crippen LogP contribution is -2.26. The molecule has 0 radical (unpaired) electrons. The molecule has 1 heterocycles. The lowest BCUT2D eigenvalue weighted by Gasteiger charge is -2.13. The fourth-order valence-electron chi connectivity index (χ4n) is 1.98. The van der Waals surface area contributed by atoms with Crippen LogP contribution in [-0.4, -0.2) is 24.7 Å². The van der Waals surface area contributed by atoms with Crippen molar-refractivity contribution in [2.75, 3.05) is 13.7 Å². The van der Waals surface area contributed by atoms with E-state index < -0.39 is 0 Å². The number of benzene rings is 1. The van der Waals surface area contributed by atoms with E-state index in [4.69, 9.17) is 4.74 Å². The van der Waals surface area contributed by atoms with Crippen LogP contribution in [0.15, 0.2) is 30.5 Å². The second-order valence-electron chi connectivity index (χ2n) is 4.42. The molecule has 3 nitrogen and oxygen atoms in total. The quantitative estimate of drug-likeness (QED) is 0.803. The first-order valence-corrected chi connectivity index (χ1v) is 6.08. The summed E-state index contributed by atoms with van der Waals surface area (Å²) >= 11 is 0. The van der Waals surface area contributed by atoms with Crippen LogP contribution in [0.2, 0.25) is 0 Å². The van der Waals surface area contributed by atoms with Crippen LogP contribution in [0.5, 0.6) is 0 Å². The molecule has 1 unspecified atom stereocenters. The Morgan fingerprint density at radius 1 is 1.35 bits per heavy atom. The zero-order valence-corrected chi connectivity index (χ0v) is 10.5. The Labute approximate surface area is 102 Å². The lowest BCUT2D eigenvalue weighted by molar-refractivity contribution is 0.184. The van der Waals surface area contributed by atoms with Crippen molar-refractivity contribution < 1.29 is 4.74 Å². The predicted octanol–water partition coefficient (Wildman–Crippen LogP) is 2.68. The summed E-state index contributed by atoms with van der Waals surface area (Å²) < 4.78 is 5.08.